The van der Waals surface area contributed by atoms with Gasteiger partial charge in [-0.3, -0.25) is 9.59 Å². The number of carbonyl (C=O) groups excluding carboxylic acids is 2. The van der Waals surface area contributed by atoms with Crippen LogP contribution in [0.15, 0.2) is 54.6 Å². The van der Waals surface area contributed by atoms with Gasteiger partial charge in [-0.25, -0.2) is 0 Å². The second-order valence-corrected chi connectivity index (χ2v) is 5.95. The normalized spacial score (nSPS) is 12.3. The fourth-order valence-corrected chi connectivity index (χ4v) is 3.20. The molecule has 3 aromatic carbocycles. The topological polar surface area (TPSA) is 58.2 Å². The summed E-state index contributed by atoms with van der Waals surface area (Å²) in [5.41, 5.74) is 4.15. The van der Waals surface area contributed by atoms with Crippen LogP contribution in [0, 0.1) is 6.92 Å². The summed E-state index contributed by atoms with van der Waals surface area (Å²) < 4.78 is 0. The van der Waals surface area contributed by atoms with Crippen LogP contribution in [0.4, 0.5) is 5.69 Å². The van der Waals surface area contributed by atoms with E-state index in [2.05, 4.69) is 10.6 Å². The second kappa shape index (κ2) is 5.49. The third-order valence-corrected chi connectivity index (χ3v) is 4.45. The Hall–Kier alpha value is -3.14. The van der Waals surface area contributed by atoms with Gasteiger partial charge < -0.3 is 10.6 Å². The van der Waals surface area contributed by atoms with E-state index in [1.807, 2.05) is 61.5 Å². The summed E-state index contributed by atoms with van der Waals surface area (Å²) >= 11 is 0. The van der Waals surface area contributed by atoms with E-state index >= 15 is 0 Å². The van der Waals surface area contributed by atoms with E-state index in [0.29, 0.717) is 17.7 Å². The number of carbonyl (C=O) groups is 2. The summed E-state index contributed by atoms with van der Waals surface area (Å²) in [6.07, 6.45) is 0. The van der Waals surface area contributed by atoms with E-state index in [1.54, 1.807) is 0 Å². The predicted octanol–water partition coefficient (Wildman–Crippen LogP) is 3.64. The molecule has 2 N–H and O–H groups in total. The van der Waals surface area contributed by atoms with Crippen LogP contribution in [0.5, 0.6) is 0 Å². The molecule has 24 heavy (non-hydrogen) atoms. The molecule has 0 atom stereocenters. The van der Waals surface area contributed by atoms with E-state index in [-0.39, 0.29) is 11.8 Å². The van der Waals surface area contributed by atoms with Crippen LogP contribution in [0.3, 0.4) is 0 Å². The summed E-state index contributed by atoms with van der Waals surface area (Å²) in [5.74, 6) is -0.165. The van der Waals surface area contributed by atoms with Gasteiger partial charge in [0.25, 0.3) is 11.8 Å². The summed E-state index contributed by atoms with van der Waals surface area (Å²) in [6.45, 7) is 2.34. The average molecular weight is 316 g/mol. The quantitative estimate of drug-likeness (QED) is 0.775. The maximum atomic E-state index is 12.4. The zero-order valence-corrected chi connectivity index (χ0v) is 13.2. The Balaban J connectivity index is 1.65. The lowest BCUT2D eigenvalue weighted by molar-refractivity contribution is 0.0949. The predicted molar refractivity (Wildman–Crippen MR) is 94.3 cm³/mol. The molecule has 0 spiro atoms. The van der Waals surface area contributed by atoms with Crippen LogP contribution in [0.1, 0.15) is 31.8 Å². The lowest BCUT2D eigenvalue weighted by Crippen LogP contribution is -2.23. The van der Waals surface area contributed by atoms with Crippen molar-refractivity contribution >= 4 is 28.3 Å². The van der Waals surface area contributed by atoms with Crippen molar-refractivity contribution in [2.24, 2.45) is 0 Å². The Kier molecular flexibility index (Phi) is 3.31. The molecule has 1 heterocycles. The Morgan fingerprint density at radius 1 is 1.04 bits per heavy atom. The molecule has 4 heteroatoms. The SMILES string of the molecule is Cc1ccccc1C(=O)NCc1ccc2c3c(cccc13)C(=O)N2. The van der Waals surface area contributed by atoms with E-state index in [0.717, 1.165) is 27.6 Å². The van der Waals surface area contributed by atoms with E-state index in [4.69, 9.17) is 0 Å². The van der Waals surface area contributed by atoms with Crippen LogP contribution in [-0.2, 0) is 6.54 Å². The van der Waals surface area contributed by atoms with Gasteiger partial charge in [-0.2, -0.15) is 0 Å². The standard InChI is InChI=1S/C20H16N2O2/c1-12-5-2-3-6-14(12)19(23)21-11-13-9-10-17-18-15(13)7-4-8-16(18)20(24)22-17/h2-10H,11H2,1H3,(H,21,23)(H,22,24). The van der Waals surface area contributed by atoms with Crippen molar-refractivity contribution in [1.82, 2.24) is 5.32 Å². The van der Waals surface area contributed by atoms with Crippen LogP contribution < -0.4 is 10.6 Å². The van der Waals surface area contributed by atoms with Crippen molar-refractivity contribution in [1.29, 1.82) is 0 Å². The summed E-state index contributed by atoms with van der Waals surface area (Å²) in [6, 6.07) is 17.0. The monoisotopic (exact) mass is 316 g/mol. The Morgan fingerprint density at radius 3 is 2.71 bits per heavy atom. The van der Waals surface area contributed by atoms with Gasteiger partial charge in [0.2, 0.25) is 0 Å². The molecule has 0 bridgehead atoms. The molecule has 0 fully saturated rings. The first-order chi connectivity index (χ1) is 11.6. The van der Waals surface area contributed by atoms with Gasteiger partial charge in [-0.15, -0.1) is 0 Å². The molecule has 0 aromatic heterocycles. The smallest absolute Gasteiger partial charge is 0.256 e. The fraction of sp³-hybridized carbons (Fsp3) is 0.100. The lowest BCUT2D eigenvalue weighted by atomic mass is 10.0. The first kappa shape index (κ1) is 14.5. The lowest BCUT2D eigenvalue weighted by Gasteiger charge is -2.10. The van der Waals surface area contributed by atoms with Gasteiger partial charge in [-0.1, -0.05) is 36.4 Å². The highest BCUT2D eigenvalue weighted by atomic mass is 16.2. The zero-order chi connectivity index (χ0) is 16.7. The molecular weight excluding hydrogens is 300 g/mol. The first-order valence-corrected chi connectivity index (χ1v) is 7.85. The number of hydrogen-bond acceptors (Lipinski definition) is 2. The molecule has 118 valence electrons. The minimum Gasteiger partial charge on any atom is -0.348 e. The number of amides is 2. The summed E-state index contributed by atoms with van der Waals surface area (Å²) in [7, 11) is 0. The van der Waals surface area contributed by atoms with Crippen LogP contribution in [0.2, 0.25) is 0 Å². The largest absolute Gasteiger partial charge is 0.348 e. The third kappa shape index (κ3) is 2.24. The van der Waals surface area contributed by atoms with E-state index in [1.165, 1.54) is 0 Å². The van der Waals surface area contributed by atoms with Gasteiger partial charge in [-0.05, 0) is 41.6 Å². The fourth-order valence-electron chi connectivity index (χ4n) is 3.20. The Morgan fingerprint density at radius 2 is 1.88 bits per heavy atom. The first-order valence-electron chi connectivity index (χ1n) is 7.85. The molecule has 1 aliphatic rings. The van der Waals surface area contributed by atoms with Gasteiger partial charge in [0.1, 0.15) is 0 Å². The second-order valence-electron chi connectivity index (χ2n) is 5.95. The minimum atomic E-state index is -0.0921. The molecular formula is C20H16N2O2. The molecule has 3 aromatic rings. The summed E-state index contributed by atoms with van der Waals surface area (Å²) in [4.78, 5) is 24.4. The van der Waals surface area contributed by atoms with Gasteiger partial charge in [0, 0.05) is 28.7 Å². The van der Waals surface area contributed by atoms with Crippen molar-refractivity contribution in [2.75, 3.05) is 5.32 Å². The zero-order valence-electron chi connectivity index (χ0n) is 13.2. The average Bonchev–Trinajstić information content (AvgIpc) is 2.92. The van der Waals surface area contributed by atoms with Crippen molar-refractivity contribution < 1.29 is 9.59 Å². The molecule has 0 unspecified atom stereocenters. The Bertz CT molecular complexity index is 992. The van der Waals surface area contributed by atoms with Gasteiger partial charge >= 0.3 is 0 Å². The molecule has 2 amide bonds. The maximum absolute atomic E-state index is 12.4. The van der Waals surface area contributed by atoms with Crippen molar-refractivity contribution in [2.45, 2.75) is 13.5 Å². The van der Waals surface area contributed by atoms with Crippen molar-refractivity contribution in [3.63, 3.8) is 0 Å². The van der Waals surface area contributed by atoms with Crippen molar-refractivity contribution in [3.8, 4) is 0 Å². The number of anilines is 1. The molecule has 0 radical (unpaired) electrons. The number of benzene rings is 3. The number of nitrogens with one attached hydrogen (secondary N) is 2. The molecule has 0 saturated carbocycles. The highest BCUT2D eigenvalue weighted by molar-refractivity contribution is 6.24. The molecule has 1 aliphatic heterocycles. The molecule has 0 aliphatic carbocycles. The summed E-state index contributed by atoms with van der Waals surface area (Å²) in [5, 5.41) is 7.77. The molecule has 0 saturated heterocycles. The third-order valence-electron chi connectivity index (χ3n) is 4.45. The van der Waals surface area contributed by atoms with Gasteiger partial charge in [0.15, 0.2) is 0 Å². The minimum absolute atomic E-state index is 0.0725. The van der Waals surface area contributed by atoms with Gasteiger partial charge in [0.05, 0.1) is 0 Å². The number of aryl methyl sites for hydroxylation is 1. The Labute approximate surface area is 139 Å². The van der Waals surface area contributed by atoms with Crippen molar-refractivity contribution in [3.05, 3.63) is 76.9 Å². The maximum Gasteiger partial charge on any atom is 0.256 e. The number of hydrogen-bond donors (Lipinski definition) is 2. The van der Waals surface area contributed by atoms with Crippen LogP contribution in [-0.4, -0.2) is 11.8 Å². The molecule has 4 nitrogen and oxygen atoms in total. The number of rotatable bonds is 3. The van der Waals surface area contributed by atoms with Crippen LogP contribution in [0.25, 0.3) is 10.8 Å². The van der Waals surface area contributed by atoms with E-state index < -0.39 is 0 Å². The highest BCUT2D eigenvalue weighted by Crippen LogP contribution is 2.34. The highest BCUT2D eigenvalue weighted by Gasteiger charge is 2.22. The molecule has 4 rings (SSSR count). The van der Waals surface area contributed by atoms with E-state index in [9.17, 15) is 9.59 Å². The van der Waals surface area contributed by atoms with Crippen LogP contribution >= 0.6 is 0 Å².